The maximum atomic E-state index is 13.5. The minimum absolute atomic E-state index is 0.139. The lowest BCUT2D eigenvalue weighted by Crippen LogP contribution is -2.50. The number of urea groups is 1. The Morgan fingerprint density at radius 3 is 2.47 bits per heavy atom. The van der Waals surface area contributed by atoms with Crippen LogP contribution in [0.15, 0.2) is 24.3 Å². The van der Waals surface area contributed by atoms with Crippen LogP contribution in [0.25, 0.3) is 0 Å². The van der Waals surface area contributed by atoms with E-state index in [9.17, 15) is 19.2 Å². The number of imide groups is 1. The average molecular weight is 446 g/mol. The number of rotatable bonds is 7. The van der Waals surface area contributed by atoms with E-state index < -0.39 is 17.6 Å². The molecule has 1 aromatic carbocycles. The van der Waals surface area contributed by atoms with Crippen LogP contribution >= 0.6 is 0 Å². The van der Waals surface area contributed by atoms with Crippen molar-refractivity contribution >= 4 is 23.8 Å². The zero-order chi connectivity index (χ0) is 23.5. The van der Waals surface area contributed by atoms with Gasteiger partial charge in [-0.2, -0.15) is 0 Å². The molecule has 9 nitrogen and oxygen atoms in total. The first-order valence-corrected chi connectivity index (χ1v) is 10.9. The number of carbonyl (C=O) groups excluding carboxylic acids is 4. The minimum Gasteiger partial charge on any atom is -0.483 e. The summed E-state index contributed by atoms with van der Waals surface area (Å²) in [6, 6.07) is 6.16. The molecule has 1 aliphatic carbocycles. The smallest absolute Gasteiger partial charge is 0.325 e. The maximum absolute atomic E-state index is 13.5. The molecule has 1 aliphatic heterocycles. The Balaban J connectivity index is 1.81. The third-order valence-electron chi connectivity index (χ3n) is 6.39. The molecule has 3 rings (SSSR count). The van der Waals surface area contributed by atoms with Gasteiger partial charge in [0.05, 0.1) is 19.1 Å². The summed E-state index contributed by atoms with van der Waals surface area (Å²) >= 11 is 0. The molecule has 1 spiro atoms. The molecule has 1 saturated carbocycles. The molecule has 174 valence electrons. The minimum atomic E-state index is -0.994. The number of hydrogen-bond acceptors (Lipinski definition) is 6. The summed E-state index contributed by atoms with van der Waals surface area (Å²) in [5.41, 5.74) is -0.323. The Morgan fingerprint density at radius 1 is 1.22 bits per heavy atom. The number of amides is 4. The number of carbonyl (C=O) groups is 4. The lowest BCUT2D eigenvalue weighted by atomic mass is 9.76. The number of nitrogens with one attached hydrogen (secondary N) is 1. The van der Waals surface area contributed by atoms with Crippen molar-refractivity contribution < 1.29 is 28.7 Å². The second kappa shape index (κ2) is 9.58. The van der Waals surface area contributed by atoms with E-state index >= 15 is 0 Å². The number of hydrogen-bond donors (Lipinski definition) is 1. The Morgan fingerprint density at radius 2 is 1.88 bits per heavy atom. The highest BCUT2D eigenvalue weighted by molar-refractivity contribution is 6.07. The van der Waals surface area contributed by atoms with Crippen molar-refractivity contribution in [2.45, 2.75) is 50.6 Å². The van der Waals surface area contributed by atoms with E-state index in [0.717, 1.165) is 0 Å². The highest BCUT2D eigenvalue weighted by Gasteiger charge is 2.55. The molecule has 0 bridgehead atoms. The normalized spacial score (nSPS) is 23.6. The van der Waals surface area contributed by atoms with Gasteiger partial charge in [0.15, 0.2) is 6.61 Å². The molecular formula is C23H31N3O6. The van der Waals surface area contributed by atoms with Crippen molar-refractivity contribution in [3.63, 3.8) is 0 Å². The van der Waals surface area contributed by atoms with Gasteiger partial charge >= 0.3 is 12.0 Å². The third-order valence-corrected chi connectivity index (χ3v) is 6.39. The fourth-order valence-corrected chi connectivity index (χ4v) is 4.47. The summed E-state index contributed by atoms with van der Waals surface area (Å²) < 4.78 is 10.6. The highest BCUT2D eigenvalue weighted by atomic mass is 16.5. The van der Waals surface area contributed by atoms with Crippen LogP contribution in [0.2, 0.25) is 0 Å². The quantitative estimate of drug-likeness (QED) is 0.510. The first-order chi connectivity index (χ1) is 15.2. The van der Waals surface area contributed by atoms with Crippen molar-refractivity contribution in [2.75, 3.05) is 27.8 Å². The zero-order valence-electron chi connectivity index (χ0n) is 19.1. The summed E-state index contributed by atoms with van der Waals surface area (Å²) in [6.45, 7) is 1.76. The fourth-order valence-electron chi connectivity index (χ4n) is 4.47. The van der Waals surface area contributed by atoms with Gasteiger partial charge in [0.25, 0.3) is 11.8 Å². The molecule has 1 saturated heterocycles. The van der Waals surface area contributed by atoms with E-state index in [1.54, 1.807) is 26.2 Å². The summed E-state index contributed by atoms with van der Waals surface area (Å²) in [5.74, 6) is -0.542. The number of para-hydroxylation sites is 1. The van der Waals surface area contributed by atoms with Crippen LogP contribution in [0.1, 0.15) is 50.6 Å². The van der Waals surface area contributed by atoms with E-state index in [1.165, 1.54) is 16.9 Å². The maximum Gasteiger partial charge on any atom is 0.325 e. The van der Waals surface area contributed by atoms with E-state index in [2.05, 4.69) is 5.32 Å². The standard InChI is InChI=1S/C23H31N3O6/c1-5-17(16-8-6-7-9-18(16)32-14-19(27)25(2)3)26-21(29)23(24-22(26)30)12-10-15(11-13-23)20(28)31-4/h6-9,15,17H,5,10-14H2,1-4H3,(H,24,30). The topological polar surface area (TPSA) is 105 Å². The van der Waals surface area contributed by atoms with E-state index in [4.69, 9.17) is 9.47 Å². The second-order valence-electron chi connectivity index (χ2n) is 8.52. The molecular weight excluding hydrogens is 414 g/mol. The number of nitrogens with zero attached hydrogens (tertiary/aromatic N) is 2. The molecule has 9 heteroatoms. The third kappa shape index (κ3) is 4.42. The highest BCUT2D eigenvalue weighted by Crippen LogP contribution is 2.41. The Labute approximate surface area is 188 Å². The Hall–Kier alpha value is -3.10. The SMILES string of the molecule is CCC(c1ccccc1OCC(=O)N(C)C)N1C(=O)NC2(CCC(C(=O)OC)CC2)C1=O. The number of methoxy groups -OCH3 is 1. The largest absolute Gasteiger partial charge is 0.483 e. The molecule has 1 atom stereocenters. The van der Waals surface area contributed by atoms with Crippen molar-refractivity contribution in [3.05, 3.63) is 29.8 Å². The second-order valence-corrected chi connectivity index (χ2v) is 8.52. The molecule has 4 amide bonds. The monoisotopic (exact) mass is 445 g/mol. The number of likely N-dealkylation sites (N-methyl/N-ethyl adjacent to an activating group) is 1. The van der Waals surface area contributed by atoms with Crippen molar-refractivity contribution in [3.8, 4) is 5.75 Å². The first-order valence-electron chi connectivity index (χ1n) is 10.9. The lowest BCUT2D eigenvalue weighted by molar-refractivity contribution is -0.148. The van der Waals surface area contributed by atoms with Gasteiger partial charge < -0.3 is 19.7 Å². The van der Waals surface area contributed by atoms with Gasteiger partial charge in [0.1, 0.15) is 11.3 Å². The molecule has 0 aromatic heterocycles. The molecule has 1 unspecified atom stereocenters. The van der Waals surface area contributed by atoms with Crippen LogP contribution in [0.3, 0.4) is 0 Å². The predicted octanol–water partition coefficient (Wildman–Crippen LogP) is 2.26. The van der Waals surface area contributed by atoms with Crippen LogP contribution in [0, 0.1) is 5.92 Å². The molecule has 1 aromatic rings. The molecule has 1 heterocycles. The van der Waals surface area contributed by atoms with E-state index in [0.29, 0.717) is 43.4 Å². The van der Waals surface area contributed by atoms with Crippen LogP contribution in [0.4, 0.5) is 4.79 Å². The van der Waals surface area contributed by atoms with Gasteiger partial charge in [-0.25, -0.2) is 4.79 Å². The number of benzene rings is 1. The molecule has 1 N–H and O–H groups in total. The van der Waals surface area contributed by atoms with Gasteiger partial charge in [-0.15, -0.1) is 0 Å². The van der Waals surface area contributed by atoms with Crippen LogP contribution in [0.5, 0.6) is 5.75 Å². The Bertz CT molecular complexity index is 891. The molecule has 32 heavy (non-hydrogen) atoms. The first kappa shape index (κ1) is 23.6. The van der Waals surface area contributed by atoms with Gasteiger partial charge in [-0.05, 0) is 38.2 Å². The number of esters is 1. The fraction of sp³-hybridized carbons (Fsp3) is 0.565. The van der Waals surface area contributed by atoms with E-state index in [1.807, 2.05) is 19.1 Å². The summed E-state index contributed by atoms with van der Waals surface area (Å²) in [6.07, 6.45) is 2.23. The Kier molecular flexibility index (Phi) is 7.06. The van der Waals surface area contributed by atoms with E-state index in [-0.39, 0.29) is 30.3 Å². The van der Waals surface area contributed by atoms with Gasteiger partial charge in [0, 0.05) is 19.7 Å². The van der Waals surface area contributed by atoms with Crippen molar-refractivity contribution in [1.29, 1.82) is 0 Å². The molecule has 2 fully saturated rings. The summed E-state index contributed by atoms with van der Waals surface area (Å²) in [4.78, 5) is 53.0. The predicted molar refractivity (Wildman–Crippen MR) is 116 cm³/mol. The average Bonchev–Trinajstić information content (AvgIpc) is 3.02. The van der Waals surface area contributed by atoms with Crippen LogP contribution in [-0.2, 0) is 19.1 Å². The summed E-state index contributed by atoms with van der Waals surface area (Å²) in [5, 5.41) is 2.90. The summed E-state index contributed by atoms with van der Waals surface area (Å²) in [7, 11) is 4.65. The molecule has 2 aliphatic rings. The number of ether oxygens (including phenoxy) is 2. The van der Waals surface area contributed by atoms with Gasteiger partial charge in [-0.3, -0.25) is 19.3 Å². The van der Waals surface area contributed by atoms with Crippen LogP contribution < -0.4 is 10.1 Å². The van der Waals surface area contributed by atoms with Crippen LogP contribution in [-0.4, -0.2) is 67.0 Å². The molecule has 0 radical (unpaired) electrons. The van der Waals surface area contributed by atoms with Gasteiger partial charge in [0.2, 0.25) is 0 Å². The lowest BCUT2D eigenvalue weighted by Gasteiger charge is -2.34. The van der Waals surface area contributed by atoms with Gasteiger partial charge in [-0.1, -0.05) is 25.1 Å². The van der Waals surface area contributed by atoms with Crippen molar-refractivity contribution in [1.82, 2.24) is 15.1 Å². The zero-order valence-corrected chi connectivity index (χ0v) is 19.1. The van der Waals surface area contributed by atoms with Crippen molar-refractivity contribution in [2.24, 2.45) is 5.92 Å².